The molecule has 0 bridgehead atoms. The monoisotopic (exact) mass is 382 g/mol. The van der Waals surface area contributed by atoms with Gasteiger partial charge in [0, 0.05) is 18.7 Å². The molecule has 0 saturated carbocycles. The van der Waals surface area contributed by atoms with Crippen molar-refractivity contribution in [1.29, 1.82) is 0 Å². The van der Waals surface area contributed by atoms with Crippen molar-refractivity contribution in [3.63, 3.8) is 0 Å². The predicted molar refractivity (Wildman–Crippen MR) is 107 cm³/mol. The van der Waals surface area contributed by atoms with E-state index in [4.69, 9.17) is 4.74 Å². The van der Waals surface area contributed by atoms with Gasteiger partial charge in [-0.05, 0) is 61.3 Å². The molecule has 0 radical (unpaired) electrons. The number of benzene rings is 2. The molecule has 1 amide bonds. The number of carbonyl (C=O) groups excluding carboxylic acids is 1. The van der Waals surface area contributed by atoms with Crippen LogP contribution in [-0.2, 0) is 24.3 Å². The van der Waals surface area contributed by atoms with Crippen LogP contribution in [0.4, 0.5) is 4.39 Å². The number of hydrogen-bond donors (Lipinski definition) is 0. The Morgan fingerprint density at radius 3 is 2.68 bits per heavy atom. The Morgan fingerprint density at radius 2 is 1.86 bits per heavy atom. The molecule has 0 unspecified atom stereocenters. The third-order valence-corrected chi connectivity index (χ3v) is 5.56. The molecule has 28 heavy (non-hydrogen) atoms. The number of likely N-dealkylation sites (tertiary alicyclic amines) is 1. The van der Waals surface area contributed by atoms with Crippen LogP contribution in [0.1, 0.15) is 36.0 Å². The molecule has 1 fully saturated rings. The van der Waals surface area contributed by atoms with Crippen molar-refractivity contribution in [1.82, 2.24) is 9.80 Å². The topological polar surface area (TPSA) is 32.8 Å². The summed E-state index contributed by atoms with van der Waals surface area (Å²) in [6.07, 6.45) is 4.09. The number of halogens is 1. The number of rotatable bonds is 4. The molecule has 0 aliphatic carbocycles. The van der Waals surface area contributed by atoms with E-state index in [2.05, 4.69) is 17.0 Å². The van der Waals surface area contributed by atoms with Crippen LogP contribution in [-0.4, -0.2) is 41.9 Å². The van der Waals surface area contributed by atoms with Gasteiger partial charge in [0.2, 0.25) is 5.91 Å². The van der Waals surface area contributed by atoms with Gasteiger partial charge in [-0.3, -0.25) is 9.69 Å². The third-order valence-electron chi connectivity index (χ3n) is 5.56. The summed E-state index contributed by atoms with van der Waals surface area (Å²) in [5.74, 6) is 0.559. The second-order valence-electron chi connectivity index (χ2n) is 7.75. The molecule has 2 aromatic carbocycles. The van der Waals surface area contributed by atoms with Gasteiger partial charge in [0.25, 0.3) is 0 Å². The highest BCUT2D eigenvalue weighted by molar-refractivity contribution is 5.79. The lowest BCUT2D eigenvalue weighted by Crippen LogP contribution is -2.33. The fraction of sp³-hybridized carbons (Fsp3) is 0.435. The van der Waals surface area contributed by atoms with E-state index in [1.54, 1.807) is 12.1 Å². The van der Waals surface area contributed by atoms with Crippen molar-refractivity contribution in [2.24, 2.45) is 0 Å². The van der Waals surface area contributed by atoms with Crippen molar-refractivity contribution in [3.05, 3.63) is 65.0 Å². The quantitative estimate of drug-likeness (QED) is 0.807. The molecule has 2 aromatic rings. The van der Waals surface area contributed by atoms with Gasteiger partial charge >= 0.3 is 0 Å². The lowest BCUT2D eigenvalue weighted by Gasteiger charge is -2.26. The van der Waals surface area contributed by atoms with E-state index in [1.807, 2.05) is 11.0 Å². The summed E-state index contributed by atoms with van der Waals surface area (Å²) < 4.78 is 19.3. The van der Waals surface area contributed by atoms with Gasteiger partial charge < -0.3 is 9.64 Å². The van der Waals surface area contributed by atoms with Crippen molar-refractivity contribution in [2.75, 3.05) is 26.2 Å². The first-order valence-electron chi connectivity index (χ1n) is 10.2. The second kappa shape index (κ2) is 8.74. The minimum absolute atomic E-state index is 0.00323. The Balaban J connectivity index is 1.45. The van der Waals surface area contributed by atoms with Gasteiger partial charge in [-0.2, -0.15) is 0 Å². The first-order valence-corrected chi connectivity index (χ1v) is 10.2. The summed E-state index contributed by atoms with van der Waals surface area (Å²) >= 11 is 0. The molecule has 1 saturated heterocycles. The largest absolute Gasteiger partial charge is 0.491 e. The van der Waals surface area contributed by atoms with Crippen LogP contribution in [0.25, 0.3) is 0 Å². The second-order valence-corrected chi connectivity index (χ2v) is 7.75. The first-order chi connectivity index (χ1) is 13.7. The molecule has 5 heteroatoms. The van der Waals surface area contributed by atoms with Gasteiger partial charge in [-0.1, -0.05) is 24.6 Å². The highest BCUT2D eigenvalue weighted by atomic mass is 19.1. The molecule has 148 valence electrons. The molecule has 0 aromatic heterocycles. The van der Waals surface area contributed by atoms with Crippen LogP contribution >= 0.6 is 0 Å². The van der Waals surface area contributed by atoms with Gasteiger partial charge in [0.05, 0.1) is 13.0 Å². The molecule has 0 atom stereocenters. The average molecular weight is 382 g/mol. The zero-order chi connectivity index (χ0) is 19.3. The normalized spacial score (nSPS) is 17.5. The van der Waals surface area contributed by atoms with Crippen LogP contribution in [0, 0.1) is 5.82 Å². The SMILES string of the molecule is O=C(Cc1cccc(F)c1)N1CCOc2ccc(CN3CCCCC3)cc2C1. The first kappa shape index (κ1) is 18.9. The fourth-order valence-corrected chi connectivity index (χ4v) is 4.07. The average Bonchev–Trinajstić information content (AvgIpc) is 2.91. The number of ether oxygens (including phenoxy) is 1. The van der Waals surface area contributed by atoms with E-state index in [-0.39, 0.29) is 18.1 Å². The molecule has 4 rings (SSSR count). The highest BCUT2D eigenvalue weighted by Gasteiger charge is 2.21. The van der Waals surface area contributed by atoms with E-state index in [1.165, 1.54) is 37.0 Å². The molecular weight excluding hydrogens is 355 g/mol. The number of piperidine rings is 1. The molecule has 0 spiro atoms. The van der Waals surface area contributed by atoms with Crippen LogP contribution in [0.15, 0.2) is 42.5 Å². The Hall–Kier alpha value is -2.40. The molecule has 4 nitrogen and oxygen atoms in total. The lowest BCUT2D eigenvalue weighted by atomic mass is 10.1. The molecular formula is C23H27FN2O2. The fourth-order valence-electron chi connectivity index (χ4n) is 4.07. The molecule has 0 N–H and O–H groups in total. The smallest absolute Gasteiger partial charge is 0.227 e. The van der Waals surface area contributed by atoms with Crippen LogP contribution in [0.5, 0.6) is 5.75 Å². The van der Waals surface area contributed by atoms with Gasteiger partial charge in [-0.25, -0.2) is 4.39 Å². The minimum Gasteiger partial charge on any atom is -0.491 e. The Labute approximate surface area is 165 Å². The number of hydrogen-bond acceptors (Lipinski definition) is 3. The zero-order valence-corrected chi connectivity index (χ0v) is 16.2. The summed E-state index contributed by atoms with van der Waals surface area (Å²) in [5, 5.41) is 0. The maximum Gasteiger partial charge on any atom is 0.227 e. The van der Waals surface area contributed by atoms with E-state index in [9.17, 15) is 9.18 Å². The van der Waals surface area contributed by atoms with E-state index >= 15 is 0 Å². The Bertz CT molecular complexity index is 833. The number of fused-ring (bicyclic) bond motifs is 1. The maximum absolute atomic E-state index is 13.4. The Kier molecular flexibility index (Phi) is 5.91. The van der Waals surface area contributed by atoms with Gasteiger partial charge in [-0.15, -0.1) is 0 Å². The van der Waals surface area contributed by atoms with Crippen molar-refractivity contribution >= 4 is 5.91 Å². The molecule has 2 aliphatic heterocycles. The standard InChI is InChI=1S/C23H27FN2O2/c24-21-6-4-5-18(14-21)15-23(27)26-11-12-28-22-8-7-19(13-20(22)17-26)16-25-9-2-1-3-10-25/h4-8,13-14H,1-3,9-12,15-17H2. The van der Waals surface area contributed by atoms with E-state index in [0.29, 0.717) is 25.3 Å². The predicted octanol–water partition coefficient (Wildman–Crippen LogP) is 3.78. The van der Waals surface area contributed by atoms with Crippen molar-refractivity contribution in [2.45, 2.75) is 38.8 Å². The Morgan fingerprint density at radius 1 is 1.00 bits per heavy atom. The third kappa shape index (κ3) is 4.71. The summed E-state index contributed by atoms with van der Waals surface area (Å²) in [6.45, 7) is 4.83. The zero-order valence-electron chi connectivity index (χ0n) is 16.2. The number of carbonyl (C=O) groups is 1. The summed E-state index contributed by atoms with van der Waals surface area (Å²) in [5.41, 5.74) is 3.03. The molecule has 2 aliphatic rings. The highest BCUT2D eigenvalue weighted by Crippen LogP contribution is 2.26. The summed E-state index contributed by atoms with van der Waals surface area (Å²) in [6, 6.07) is 12.6. The van der Waals surface area contributed by atoms with Crippen LogP contribution < -0.4 is 4.74 Å². The summed E-state index contributed by atoms with van der Waals surface area (Å²) in [7, 11) is 0. The van der Waals surface area contributed by atoms with E-state index in [0.717, 1.165) is 30.9 Å². The minimum atomic E-state index is -0.308. The van der Waals surface area contributed by atoms with Gasteiger partial charge in [0.1, 0.15) is 18.2 Å². The van der Waals surface area contributed by atoms with Crippen LogP contribution in [0.2, 0.25) is 0 Å². The number of amides is 1. The van der Waals surface area contributed by atoms with Crippen LogP contribution in [0.3, 0.4) is 0 Å². The maximum atomic E-state index is 13.4. The lowest BCUT2D eigenvalue weighted by molar-refractivity contribution is -0.131. The van der Waals surface area contributed by atoms with Gasteiger partial charge in [0.15, 0.2) is 0 Å². The number of nitrogens with zero attached hydrogens (tertiary/aromatic N) is 2. The van der Waals surface area contributed by atoms with Crippen molar-refractivity contribution < 1.29 is 13.9 Å². The molecule has 2 heterocycles. The van der Waals surface area contributed by atoms with E-state index < -0.39 is 0 Å². The summed E-state index contributed by atoms with van der Waals surface area (Å²) in [4.78, 5) is 17.1. The van der Waals surface area contributed by atoms with Crippen molar-refractivity contribution in [3.8, 4) is 5.75 Å².